The highest BCUT2D eigenvalue weighted by atomic mass is 19.1. The highest BCUT2D eigenvalue weighted by Crippen LogP contribution is 2.36. The SMILES string of the molecule is C/C1=C\C(=O)[C@H](C2CC2)N(C)C[C@H](C)Oc2ccccc2CCCNC(=O)[C@@H](Cc2ccc(F)cc2)NC(=O)[C@@H](C)C1. The van der Waals surface area contributed by atoms with Crippen molar-refractivity contribution in [2.45, 2.75) is 77.5 Å². The lowest BCUT2D eigenvalue weighted by molar-refractivity contribution is -0.130. The summed E-state index contributed by atoms with van der Waals surface area (Å²) in [5.74, 6) is -0.156. The van der Waals surface area contributed by atoms with Crippen LogP contribution in [0, 0.1) is 17.7 Å². The Morgan fingerprint density at radius 1 is 1.00 bits per heavy atom. The molecule has 2 aliphatic rings. The lowest BCUT2D eigenvalue weighted by atomic mass is 9.96. The van der Waals surface area contributed by atoms with E-state index in [0.717, 1.165) is 35.3 Å². The average molecular weight is 578 g/mol. The average Bonchev–Trinajstić information content (AvgIpc) is 3.77. The van der Waals surface area contributed by atoms with Crippen molar-refractivity contribution in [3.8, 4) is 5.75 Å². The van der Waals surface area contributed by atoms with Gasteiger partial charge in [0.25, 0.3) is 0 Å². The van der Waals surface area contributed by atoms with E-state index in [4.69, 9.17) is 4.74 Å². The first-order valence-corrected chi connectivity index (χ1v) is 15.1. The van der Waals surface area contributed by atoms with Gasteiger partial charge in [-0.15, -0.1) is 0 Å². The number of aryl methyl sites for hydroxylation is 1. The number of nitrogens with zero attached hydrogens (tertiary/aromatic N) is 1. The minimum absolute atomic E-state index is 0.0562. The van der Waals surface area contributed by atoms with Crippen LogP contribution in [0.4, 0.5) is 4.39 Å². The van der Waals surface area contributed by atoms with Crippen molar-refractivity contribution >= 4 is 17.6 Å². The van der Waals surface area contributed by atoms with E-state index in [9.17, 15) is 18.8 Å². The summed E-state index contributed by atoms with van der Waals surface area (Å²) in [5, 5.41) is 5.89. The van der Waals surface area contributed by atoms with E-state index >= 15 is 0 Å². The molecule has 2 aromatic rings. The number of ketones is 1. The Morgan fingerprint density at radius 3 is 2.43 bits per heavy atom. The van der Waals surface area contributed by atoms with Gasteiger partial charge in [-0.3, -0.25) is 19.3 Å². The van der Waals surface area contributed by atoms with E-state index in [0.29, 0.717) is 38.3 Å². The van der Waals surface area contributed by atoms with E-state index in [1.807, 2.05) is 45.2 Å². The summed E-state index contributed by atoms with van der Waals surface area (Å²) < 4.78 is 19.8. The molecular weight excluding hydrogens is 533 g/mol. The molecule has 4 atom stereocenters. The van der Waals surface area contributed by atoms with Crippen molar-refractivity contribution in [3.05, 3.63) is 77.1 Å². The van der Waals surface area contributed by atoms with Gasteiger partial charge in [0.2, 0.25) is 11.8 Å². The molecule has 4 rings (SSSR count). The topological polar surface area (TPSA) is 87.7 Å². The van der Waals surface area contributed by atoms with Crippen molar-refractivity contribution in [3.63, 3.8) is 0 Å². The number of hydrogen-bond donors (Lipinski definition) is 2. The molecule has 1 saturated carbocycles. The third-order valence-corrected chi connectivity index (χ3v) is 8.05. The Kier molecular flexibility index (Phi) is 10.9. The van der Waals surface area contributed by atoms with Crippen LogP contribution in [-0.4, -0.2) is 60.8 Å². The molecule has 7 nitrogen and oxygen atoms in total. The fourth-order valence-electron chi connectivity index (χ4n) is 5.78. The van der Waals surface area contributed by atoms with Crippen LogP contribution < -0.4 is 15.4 Å². The number of likely N-dealkylation sites (N-methyl/N-ethyl adjacent to an activating group) is 1. The van der Waals surface area contributed by atoms with Crippen LogP contribution >= 0.6 is 0 Å². The molecule has 42 heavy (non-hydrogen) atoms. The fourth-order valence-corrected chi connectivity index (χ4v) is 5.78. The second kappa shape index (κ2) is 14.6. The Hall–Kier alpha value is -3.52. The predicted octanol–water partition coefficient (Wildman–Crippen LogP) is 4.63. The van der Waals surface area contributed by atoms with Crippen molar-refractivity contribution < 1.29 is 23.5 Å². The van der Waals surface area contributed by atoms with Gasteiger partial charge in [0.05, 0.1) is 6.04 Å². The number of halogens is 1. The van der Waals surface area contributed by atoms with Crippen molar-refractivity contribution in [1.82, 2.24) is 15.5 Å². The minimum Gasteiger partial charge on any atom is -0.489 e. The molecule has 0 saturated heterocycles. The number of hydrogen-bond acceptors (Lipinski definition) is 5. The van der Waals surface area contributed by atoms with E-state index in [1.54, 1.807) is 25.1 Å². The molecule has 1 aliphatic carbocycles. The van der Waals surface area contributed by atoms with Crippen LogP contribution in [0.3, 0.4) is 0 Å². The molecule has 0 radical (unpaired) electrons. The summed E-state index contributed by atoms with van der Waals surface area (Å²) in [6, 6.07) is 12.8. The number of carbonyl (C=O) groups is 3. The predicted molar refractivity (Wildman–Crippen MR) is 162 cm³/mol. The number of nitrogens with one attached hydrogen (secondary N) is 2. The molecule has 2 N–H and O–H groups in total. The maximum Gasteiger partial charge on any atom is 0.242 e. The van der Waals surface area contributed by atoms with Gasteiger partial charge in [-0.2, -0.15) is 0 Å². The zero-order valence-electron chi connectivity index (χ0n) is 25.2. The Labute approximate surface area is 248 Å². The van der Waals surface area contributed by atoms with E-state index in [-0.39, 0.29) is 42.0 Å². The van der Waals surface area contributed by atoms with Crippen molar-refractivity contribution in [1.29, 1.82) is 0 Å². The van der Waals surface area contributed by atoms with Crippen LogP contribution in [-0.2, 0) is 27.2 Å². The van der Waals surface area contributed by atoms with Crippen LogP contribution in [0.2, 0.25) is 0 Å². The molecule has 8 heteroatoms. The number of allylic oxidation sites excluding steroid dienone is 1. The molecule has 0 bridgehead atoms. The second-order valence-corrected chi connectivity index (χ2v) is 12.0. The number of carbonyl (C=O) groups excluding carboxylic acids is 3. The first-order chi connectivity index (χ1) is 20.1. The first-order valence-electron chi connectivity index (χ1n) is 15.1. The van der Waals surface area contributed by atoms with Gasteiger partial charge in [-0.05, 0) is 94.3 Å². The summed E-state index contributed by atoms with van der Waals surface area (Å²) >= 11 is 0. The molecule has 1 heterocycles. The lowest BCUT2D eigenvalue weighted by Gasteiger charge is -2.29. The summed E-state index contributed by atoms with van der Waals surface area (Å²) in [6.45, 7) is 6.75. The summed E-state index contributed by atoms with van der Waals surface area (Å²) in [6.07, 6.45) is 5.65. The monoisotopic (exact) mass is 577 g/mol. The van der Waals surface area contributed by atoms with Gasteiger partial charge in [-0.25, -0.2) is 4.39 Å². The second-order valence-electron chi connectivity index (χ2n) is 12.0. The fraction of sp³-hybridized carbons (Fsp3) is 0.500. The van der Waals surface area contributed by atoms with E-state index in [2.05, 4.69) is 15.5 Å². The molecule has 0 spiro atoms. The van der Waals surface area contributed by atoms with Gasteiger partial charge in [-0.1, -0.05) is 42.8 Å². The lowest BCUT2D eigenvalue weighted by Crippen LogP contribution is -2.49. The molecule has 1 fully saturated rings. The van der Waals surface area contributed by atoms with Gasteiger partial charge < -0.3 is 15.4 Å². The van der Waals surface area contributed by atoms with Gasteiger partial charge in [0, 0.05) is 25.4 Å². The number of amides is 2. The van der Waals surface area contributed by atoms with Crippen LogP contribution in [0.1, 0.15) is 57.6 Å². The highest BCUT2D eigenvalue weighted by Gasteiger charge is 2.38. The standard InChI is InChI=1S/C34H44FN3O4/c1-22-18-23(2)33(40)37-29(20-25-11-15-28(35)16-12-25)34(41)36-17-7-9-26-8-5-6-10-31(26)42-24(3)21-38(4)32(27-13-14-27)30(39)19-22/h5-6,8,10-12,15-16,19,23-24,27,29,32H,7,9,13-14,17-18,20-21H2,1-4H3,(H,36,41)(H,37,40)/b22-19+/t23-,24-,29+,32-/m0/s1. The third-order valence-electron chi connectivity index (χ3n) is 8.05. The zero-order valence-corrected chi connectivity index (χ0v) is 25.2. The normalized spacial score (nSPS) is 27.1. The molecule has 226 valence electrons. The number of para-hydroxylation sites is 1. The Bertz CT molecular complexity index is 1270. The number of benzene rings is 2. The number of rotatable bonds is 3. The van der Waals surface area contributed by atoms with Gasteiger partial charge >= 0.3 is 0 Å². The quantitative estimate of drug-likeness (QED) is 0.555. The van der Waals surface area contributed by atoms with Gasteiger partial charge in [0.1, 0.15) is 23.7 Å². The van der Waals surface area contributed by atoms with E-state index in [1.165, 1.54) is 12.1 Å². The molecule has 1 aliphatic heterocycles. The Morgan fingerprint density at radius 2 is 1.71 bits per heavy atom. The number of ether oxygens (including phenoxy) is 1. The smallest absolute Gasteiger partial charge is 0.242 e. The van der Waals surface area contributed by atoms with Crippen LogP contribution in [0.25, 0.3) is 0 Å². The molecule has 2 amide bonds. The van der Waals surface area contributed by atoms with E-state index < -0.39 is 12.0 Å². The molecule has 0 unspecified atom stereocenters. The van der Waals surface area contributed by atoms with Crippen LogP contribution in [0.15, 0.2) is 60.2 Å². The summed E-state index contributed by atoms with van der Waals surface area (Å²) in [5.41, 5.74) is 2.62. The third kappa shape index (κ3) is 8.99. The molecule has 0 aromatic heterocycles. The minimum atomic E-state index is -0.814. The largest absolute Gasteiger partial charge is 0.489 e. The van der Waals surface area contributed by atoms with Gasteiger partial charge in [0.15, 0.2) is 5.78 Å². The number of fused-ring (bicyclic) bond motifs is 1. The van der Waals surface area contributed by atoms with Crippen LogP contribution in [0.5, 0.6) is 5.75 Å². The summed E-state index contributed by atoms with van der Waals surface area (Å²) in [4.78, 5) is 42.1. The molecule has 2 aromatic carbocycles. The highest BCUT2D eigenvalue weighted by molar-refractivity contribution is 5.95. The zero-order chi connectivity index (χ0) is 30.2. The summed E-state index contributed by atoms with van der Waals surface area (Å²) in [7, 11) is 1.99. The molecular formula is C34H44FN3O4. The first kappa shape index (κ1) is 31.4. The van der Waals surface area contributed by atoms with Crippen molar-refractivity contribution in [2.75, 3.05) is 20.1 Å². The maximum atomic E-state index is 13.5. The maximum absolute atomic E-state index is 13.5. The Balaban J connectivity index is 1.57. The van der Waals surface area contributed by atoms with Crippen molar-refractivity contribution in [2.24, 2.45) is 11.8 Å².